The predicted octanol–water partition coefficient (Wildman–Crippen LogP) is 2.65. The summed E-state index contributed by atoms with van der Waals surface area (Å²) in [6.07, 6.45) is 3.20. The topological polar surface area (TPSA) is 79.6 Å². The molecule has 2 aromatic heterocycles. The molecule has 8 heteroatoms. The van der Waals surface area contributed by atoms with Gasteiger partial charge >= 0.3 is 0 Å². The fraction of sp³-hybridized carbons (Fsp3) is 0.176. The molecule has 0 bridgehead atoms. The number of hydrogen-bond donors (Lipinski definition) is 1. The number of rotatable bonds is 3. The molecule has 0 aliphatic carbocycles. The lowest BCUT2D eigenvalue weighted by atomic mass is 10.1. The molecular weight excluding hydrogens is 342 g/mol. The zero-order valence-electron chi connectivity index (χ0n) is 13.9. The van der Waals surface area contributed by atoms with E-state index in [1.165, 1.54) is 15.6 Å². The highest BCUT2D eigenvalue weighted by atomic mass is 35.5. The number of nitrogens with zero attached hydrogens (tertiary/aromatic N) is 4. The predicted molar refractivity (Wildman–Crippen MR) is 95.1 cm³/mol. The maximum atomic E-state index is 12.5. The second-order valence-corrected chi connectivity index (χ2v) is 6.15. The van der Waals surface area contributed by atoms with Crippen LogP contribution in [0, 0.1) is 6.92 Å². The average molecular weight is 358 g/mol. The zero-order valence-corrected chi connectivity index (χ0v) is 14.7. The molecule has 0 saturated carbocycles. The van der Waals surface area contributed by atoms with Crippen molar-refractivity contribution >= 4 is 34.7 Å². The first kappa shape index (κ1) is 16.9. The van der Waals surface area contributed by atoms with E-state index in [1.807, 2.05) is 13.0 Å². The molecule has 1 aromatic carbocycles. The summed E-state index contributed by atoms with van der Waals surface area (Å²) in [6.45, 7) is 1.84. The van der Waals surface area contributed by atoms with Crippen LogP contribution in [0.1, 0.15) is 26.4 Å². The Kier molecular flexibility index (Phi) is 4.41. The third-order valence-corrected chi connectivity index (χ3v) is 3.93. The molecule has 0 spiro atoms. The lowest BCUT2D eigenvalue weighted by Crippen LogP contribution is -2.22. The second kappa shape index (κ2) is 6.52. The van der Waals surface area contributed by atoms with Crippen LogP contribution in [-0.4, -0.2) is 45.4 Å². The second-order valence-electron chi connectivity index (χ2n) is 5.74. The molecule has 3 rings (SSSR count). The molecular formula is C17H16ClN5O2. The van der Waals surface area contributed by atoms with Gasteiger partial charge in [-0.15, -0.1) is 0 Å². The Morgan fingerprint density at radius 3 is 2.64 bits per heavy atom. The normalized spacial score (nSPS) is 10.7. The SMILES string of the molecule is Cc1ccn2ncc(C(=O)Nc3ccc(C(=O)N(C)C)c(Cl)c3)c2n1. The lowest BCUT2D eigenvalue weighted by Gasteiger charge is -2.12. The van der Waals surface area contributed by atoms with E-state index in [0.29, 0.717) is 22.5 Å². The number of anilines is 1. The number of aryl methyl sites for hydroxylation is 1. The first-order chi connectivity index (χ1) is 11.9. The molecule has 2 amide bonds. The van der Waals surface area contributed by atoms with Crippen molar-refractivity contribution in [3.8, 4) is 0 Å². The number of fused-ring (bicyclic) bond motifs is 1. The fourth-order valence-corrected chi connectivity index (χ4v) is 2.59. The van der Waals surface area contributed by atoms with Crippen LogP contribution in [-0.2, 0) is 0 Å². The van der Waals surface area contributed by atoms with Gasteiger partial charge in [-0.25, -0.2) is 9.50 Å². The fourth-order valence-electron chi connectivity index (χ4n) is 2.32. The van der Waals surface area contributed by atoms with Gasteiger partial charge in [0, 0.05) is 31.7 Å². The van der Waals surface area contributed by atoms with Crippen LogP contribution in [0.25, 0.3) is 5.65 Å². The van der Waals surface area contributed by atoms with Crippen LogP contribution in [0.2, 0.25) is 5.02 Å². The summed E-state index contributed by atoms with van der Waals surface area (Å²) in [7, 11) is 3.29. The van der Waals surface area contributed by atoms with Gasteiger partial charge in [0.05, 0.1) is 16.8 Å². The van der Waals surface area contributed by atoms with Crippen LogP contribution < -0.4 is 5.32 Å². The smallest absolute Gasteiger partial charge is 0.261 e. The Labute approximate surface area is 149 Å². The van der Waals surface area contributed by atoms with E-state index in [0.717, 1.165) is 5.69 Å². The summed E-state index contributed by atoms with van der Waals surface area (Å²) in [5.41, 5.74) is 2.48. The van der Waals surface area contributed by atoms with Gasteiger partial charge in [-0.1, -0.05) is 11.6 Å². The first-order valence-corrected chi connectivity index (χ1v) is 7.88. The first-order valence-electron chi connectivity index (χ1n) is 7.50. The number of halogens is 1. The lowest BCUT2D eigenvalue weighted by molar-refractivity contribution is 0.0827. The van der Waals surface area contributed by atoms with E-state index < -0.39 is 0 Å². The van der Waals surface area contributed by atoms with Crippen molar-refractivity contribution in [2.24, 2.45) is 0 Å². The van der Waals surface area contributed by atoms with Crippen LogP contribution in [0.3, 0.4) is 0 Å². The van der Waals surface area contributed by atoms with Gasteiger partial charge < -0.3 is 10.2 Å². The van der Waals surface area contributed by atoms with Crippen LogP contribution >= 0.6 is 11.6 Å². The molecule has 1 N–H and O–H groups in total. The third-order valence-electron chi connectivity index (χ3n) is 3.62. The van der Waals surface area contributed by atoms with E-state index in [9.17, 15) is 9.59 Å². The minimum Gasteiger partial charge on any atom is -0.345 e. The minimum absolute atomic E-state index is 0.204. The van der Waals surface area contributed by atoms with E-state index in [1.54, 1.807) is 38.5 Å². The summed E-state index contributed by atoms with van der Waals surface area (Å²) >= 11 is 6.16. The van der Waals surface area contributed by atoms with Crippen molar-refractivity contribution in [3.05, 3.63) is 58.5 Å². The number of benzene rings is 1. The number of hydrogen-bond acceptors (Lipinski definition) is 4. The minimum atomic E-state index is -0.351. The van der Waals surface area contributed by atoms with Gasteiger partial charge in [0.25, 0.3) is 11.8 Å². The molecule has 3 aromatic rings. The van der Waals surface area contributed by atoms with Gasteiger partial charge in [0.15, 0.2) is 5.65 Å². The van der Waals surface area contributed by atoms with E-state index in [2.05, 4.69) is 15.4 Å². The molecule has 0 aliphatic heterocycles. The summed E-state index contributed by atoms with van der Waals surface area (Å²) in [5.74, 6) is -0.555. The maximum Gasteiger partial charge on any atom is 0.261 e. The molecule has 25 heavy (non-hydrogen) atoms. The van der Waals surface area contributed by atoms with Crippen molar-refractivity contribution in [3.63, 3.8) is 0 Å². The van der Waals surface area contributed by atoms with Gasteiger partial charge in [0.2, 0.25) is 0 Å². The summed E-state index contributed by atoms with van der Waals surface area (Å²) in [5, 5.41) is 7.13. The number of carbonyl (C=O) groups excluding carboxylic acids is 2. The highest BCUT2D eigenvalue weighted by Gasteiger charge is 2.16. The molecule has 2 heterocycles. The maximum absolute atomic E-state index is 12.5. The zero-order chi connectivity index (χ0) is 18.1. The van der Waals surface area contributed by atoms with Crippen LogP contribution in [0.15, 0.2) is 36.7 Å². The number of carbonyl (C=O) groups is 2. The Bertz CT molecular complexity index is 980. The van der Waals surface area contributed by atoms with Crippen LogP contribution in [0.5, 0.6) is 0 Å². The van der Waals surface area contributed by atoms with Crippen molar-refractivity contribution in [2.45, 2.75) is 6.92 Å². The quantitative estimate of drug-likeness (QED) is 0.781. The highest BCUT2D eigenvalue weighted by molar-refractivity contribution is 6.34. The van der Waals surface area contributed by atoms with Gasteiger partial charge in [-0.3, -0.25) is 9.59 Å². The Balaban J connectivity index is 1.86. The average Bonchev–Trinajstić information content (AvgIpc) is 2.97. The summed E-state index contributed by atoms with van der Waals surface area (Å²) in [6, 6.07) is 6.56. The largest absolute Gasteiger partial charge is 0.345 e. The molecule has 0 saturated heterocycles. The van der Waals surface area contributed by atoms with E-state index >= 15 is 0 Å². The summed E-state index contributed by atoms with van der Waals surface area (Å²) < 4.78 is 1.54. The van der Waals surface area contributed by atoms with E-state index in [4.69, 9.17) is 11.6 Å². The van der Waals surface area contributed by atoms with Crippen molar-refractivity contribution in [1.82, 2.24) is 19.5 Å². The van der Waals surface area contributed by atoms with Crippen molar-refractivity contribution < 1.29 is 9.59 Å². The molecule has 0 atom stereocenters. The molecule has 0 fully saturated rings. The molecule has 0 unspecified atom stereocenters. The highest BCUT2D eigenvalue weighted by Crippen LogP contribution is 2.23. The monoisotopic (exact) mass is 357 g/mol. The van der Waals surface area contributed by atoms with Gasteiger partial charge in [-0.2, -0.15) is 5.10 Å². The molecule has 0 aliphatic rings. The standard InChI is InChI=1S/C17H16ClN5O2/c1-10-6-7-23-15(20-10)13(9-19-23)16(24)21-11-4-5-12(14(18)8-11)17(25)22(2)3/h4-9H,1-3H3,(H,21,24). The summed E-state index contributed by atoms with van der Waals surface area (Å²) in [4.78, 5) is 30.3. The molecule has 128 valence electrons. The van der Waals surface area contributed by atoms with Crippen LogP contribution in [0.4, 0.5) is 5.69 Å². The number of aromatic nitrogens is 3. The molecule has 7 nitrogen and oxygen atoms in total. The van der Waals surface area contributed by atoms with Crippen molar-refractivity contribution in [1.29, 1.82) is 0 Å². The Morgan fingerprint density at radius 2 is 1.96 bits per heavy atom. The Hall–Kier alpha value is -2.93. The van der Waals surface area contributed by atoms with Gasteiger partial charge in [-0.05, 0) is 31.2 Å². The van der Waals surface area contributed by atoms with Gasteiger partial charge in [0.1, 0.15) is 5.56 Å². The molecule has 0 radical (unpaired) electrons. The van der Waals surface area contributed by atoms with E-state index in [-0.39, 0.29) is 16.8 Å². The number of nitrogens with one attached hydrogen (secondary N) is 1. The Morgan fingerprint density at radius 1 is 1.20 bits per heavy atom. The van der Waals surface area contributed by atoms with Crippen molar-refractivity contribution in [2.75, 3.05) is 19.4 Å². The third kappa shape index (κ3) is 3.32. The number of amides is 2.